The summed E-state index contributed by atoms with van der Waals surface area (Å²) in [6.45, 7) is 2.33. The van der Waals surface area contributed by atoms with Crippen LogP contribution < -0.4 is 19.5 Å². The molecule has 7 nitrogen and oxygen atoms in total. The van der Waals surface area contributed by atoms with Crippen LogP contribution in [-0.4, -0.2) is 43.7 Å². The van der Waals surface area contributed by atoms with Crippen molar-refractivity contribution < 1.29 is 23.8 Å². The second kappa shape index (κ2) is 7.77. The first kappa shape index (κ1) is 17.6. The van der Waals surface area contributed by atoms with E-state index in [0.717, 1.165) is 0 Å². The summed E-state index contributed by atoms with van der Waals surface area (Å²) in [5, 5.41) is 2.77. The van der Waals surface area contributed by atoms with Gasteiger partial charge in [-0.1, -0.05) is 0 Å². The highest BCUT2D eigenvalue weighted by atomic mass is 16.7. The molecule has 2 aromatic carbocycles. The van der Waals surface area contributed by atoms with Gasteiger partial charge in [-0.15, -0.1) is 0 Å². The van der Waals surface area contributed by atoms with Crippen LogP contribution >= 0.6 is 0 Å². The number of benzene rings is 2. The molecular formula is C19H20N2O5. The Morgan fingerprint density at radius 3 is 2.54 bits per heavy atom. The predicted molar refractivity (Wildman–Crippen MR) is 95.8 cm³/mol. The van der Waals surface area contributed by atoms with Crippen LogP contribution in [-0.2, 0) is 4.79 Å². The third-order valence-corrected chi connectivity index (χ3v) is 4.00. The first-order chi connectivity index (χ1) is 12.6. The van der Waals surface area contributed by atoms with Crippen molar-refractivity contribution in [1.82, 2.24) is 4.90 Å². The lowest BCUT2D eigenvalue weighted by Crippen LogP contribution is -2.37. The Hall–Kier alpha value is -3.22. The highest BCUT2D eigenvalue weighted by Gasteiger charge is 2.21. The van der Waals surface area contributed by atoms with Gasteiger partial charge in [0.1, 0.15) is 12.3 Å². The standard InChI is InChI=1S/C19H20N2O5/c1-3-21(11-18(22)20-14-5-7-15(24-2)8-6-14)19(23)13-4-9-16-17(10-13)26-12-25-16/h4-10H,3,11-12H2,1-2H3,(H,20,22). The molecule has 0 aliphatic carbocycles. The van der Waals surface area contributed by atoms with Gasteiger partial charge in [-0.2, -0.15) is 0 Å². The fourth-order valence-electron chi connectivity index (χ4n) is 2.59. The Morgan fingerprint density at radius 1 is 1.12 bits per heavy atom. The number of amides is 2. The predicted octanol–water partition coefficient (Wildman–Crippen LogP) is 2.52. The average Bonchev–Trinajstić information content (AvgIpc) is 3.14. The average molecular weight is 356 g/mol. The van der Waals surface area contributed by atoms with Crippen LogP contribution in [0.25, 0.3) is 0 Å². The Bertz CT molecular complexity index is 804. The molecule has 0 radical (unpaired) electrons. The van der Waals surface area contributed by atoms with E-state index in [4.69, 9.17) is 14.2 Å². The van der Waals surface area contributed by atoms with Crippen molar-refractivity contribution >= 4 is 17.5 Å². The number of rotatable bonds is 6. The van der Waals surface area contributed by atoms with Crippen molar-refractivity contribution in [2.45, 2.75) is 6.92 Å². The third kappa shape index (κ3) is 3.88. The van der Waals surface area contributed by atoms with Gasteiger partial charge in [0.25, 0.3) is 5.91 Å². The van der Waals surface area contributed by atoms with Crippen LogP contribution in [0.5, 0.6) is 17.2 Å². The lowest BCUT2D eigenvalue weighted by molar-refractivity contribution is -0.116. The van der Waals surface area contributed by atoms with Crippen LogP contribution in [0, 0.1) is 0 Å². The molecule has 7 heteroatoms. The summed E-state index contributed by atoms with van der Waals surface area (Å²) in [5.41, 5.74) is 1.09. The van der Waals surface area contributed by atoms with E-state index in [1.165, 1.54) is 4.90 Å². The Balaban J connectivity index is 1.64. The zero-order chi connectivity index (χ0) is 18.5. The lowest BCUT2D eigenvalue weighted by Gasteiger charge is -2.20. The second-order valence-corrected chi connectivity index (χ2v) is 5.66. The van der Waals surface area contributed by atoms with Gasteiger partial charge in [0.15, 0.2) is 11.5 Å². The number of carbonyl (C=O) groups is 2. The molecule has 136 valence electrons. The highest BCUT2D eigenvalue weighted by Crippen LogP contribution is 2.32. The van der Waals surface area contributed by atoms with Gasteiger partial charge in [0, 0.05) is 17.8 Å². The largest absolute Gasteiger partial charge is 0.497 e. The van der Waals surface area contributed by atoms with Gasteiger partial charge in [0.2, 0.25) is 12.7 Å². The van der Waals surface area contributed by atoms with Crippen LogP contribution in [0.4, 0.5) is 5.69 Å². The van der Waals surface area contributed by atoms with E-state index in [0.29, 0.717) is 35.0 Å². The van der Waals surface area contributed by atoms with Crippen LogP contribution in [0.1, 0.15) is 17.3 Å². The Labute approximate surface area is 151 Å². The first-order valence-electron chi connectivity index (χ1n) is 8.23. The summed E-state index contributed by atoms with van der Waals surface area (Å²) in [4.78, 5) is 26.4. The lowest BCUT2D eigenvalue weighted by atomic mass is 10.1. The number of fused-ring (bicyclic) bond motifs is 1. The molecule has 26 heavy (non-hydrogen) atoms. The van der Waals surface area contributed by atoms with Crippen molar-refractivity contribution in [3.63, 3.8) is 0 Å². The van der Waals surface area contributed by atoms with Crippen LogP contribution in [0.2, 0.25) is 0 Å². The minimum atomic E-state index is -0.272. The number of nitrogens with zero attached hydrogens (tertiary/aromatic N) is 1. The van der Waals surface area contributed by atoms with E-state index in [1.54, 1.807) is 49.6 Å². The molecule has 1 aliphatic heterocycles. The van der Waals surface area contributed by atoms with E-state index in [2.05, 4.69) is 5.32 Å². The van der Waals surface area contributed by atoms with Gasteiger partial charge < -0.3 is 24.4 Å². The summed E-state index contributed by atoms with van der Waals surface area (Å²) < 4.78 is 15.6. The molecule has 0 fully saturated rings. The van der Waals surface area contributed by atoms with Crippen molar-refractivity contribution in [1.29, 1.82) is 0 Å². The number of nitrogens with one attached hydrogen (secondary N) is 1. The van der Waals surface area contributed by atoms with Crippen molar-refractivity contribution in [2.75, 3.05) is 32.3 Å². The molecule has 0 aromatic heterocycles. The zero-order valence-corrected chi connectivity index (χ0v) is 14.7. The summed E-state index contributed by atoms with van der Waals surface area (Å²) >= 11 is 0. The fraction of sp³-hybridized carbons (Fsp3) is 0.263. The number of methoxy groups -OCH3 is 1. The molecule has 0 atom stereocenters. The van der Waals surface area contributed by atoms with Crippen LogP contribution in [0.3, 0.4) is 0 Å². The quantitative estimate of drug-likeness (QED) is 0.861. The smallest absolute Gasteiger partial charge is 0.254 e. The molecule has 2 amide bonds. The number of ether oxygens (including phenoxy) is 3. The molecule has 2 aromatic rings. The van der Waals surface area contributed by atoms with E-state index in [1.807, 2.05) is 6.92 Å². The molecular weight excluding hydrogens is 336 g/mol. The van der Waals surface area contributed by atoms with Gasteiger partial charge >= 0.3 is 0 Å². The SMILES string of the molecule is CCN(CC(=O)Nc1ccc(OC)cc1)C(=O)c1ccc2c(c1)OCO2. The highest BCUT2D eigenvalue weighted by molar-refractivity contribution is 5.99. The summed E-state index contributed by atoms with van der Waals surface area (Å²) in [6.07, 6.45) is 0. The van der Waals surface area contributed by atoms with E-state index >= 15 is 0 Å². The number of likely N-dealkylation sites (N-methyl/N-ethyl adjacent to an activating group) is 1. The van der Waals surface area contributed by atoms with Gasteiger partial charge in [0.05, 0.1) is 7.11 Å². The molecule has 1 N–H and O–H groups in total. The van der Waals surface area contributed by atoms with Crippen LogP contribution in [0.15, 0.2) is 42.5 Å². The third-order valence-electron chi connectivity index (χ3n) is 4.00. The molecule has 0 unspecified atom stereocenters. The number of anilines is 1. The van der Waals surface area contributed by atoms with Gasteiger partial charge in [-0.05, 0) is 49.4 Å². The molecule has 1 heterocycles. The molecule has 3 rings (SSSR count). The topological polar surface area (TPSA) is 77.1 Å². The van der Waals surface area contributed by atoms with Crippen molar-refractivity contribution in [3.8, 4) is 17.2 Å². The molecule has 1 aliphatic rings. The maximum absolute atomic E-state index is 12.7. The summed E-state index contributed by atoms with van der Waals surface area (Å²) in [6, 6.07) is 12.0. The van der Waals surface area contributed by atoms with Gasteiger partial charge in [-0.3, -0.25) is 9.59 Å². The number of hydrogen-bond acceptors (Lipinski definition) is 5. The number of carbonyl (C=O) groups excluding carboxylic acids is 2. The first-order valence-corrected chi connectivity index (χ1v) is 8.23. The van der Waals surface area contributed by atoms with E-state index in [-0.39, 0.29) is 25.2 Å². The Morgan fingerprint density at radius 2 is 1.85 bits per heavy atom. The van der Waals surface area contributed by atoms with E-state index in [9.17, 15) is 9.59 Å². The monoisotopic (exact) mass is 356 g/mol. The van der Waals surface area contributed by atoms with E-state index < -0.39 is 0 Å². The van der Waals surface area contributed by atoms with Crippen molar-refractivity contribution in [2.24, 2.45) is 0 Å². The molecule has 0 spiro atoms. The normalized spacial score (nSPS) is 11.8. The maximum atomic E-state index is 12.7. The summed E-state index contributed by atoms with van der Waals surface area (Å²) in [7, 11) is 1.58. The zero-order valence-electron chi connectivity index (χ0n) is 14.7. The molecule has 0 bridgehead atoms. The molecule has 0 saturated carbocycles. The fourth-order valence-corrected chi connectivity index (χ4v) is 2.59. The number of hydrogen-bond donors (Lipinski definition) is 1. The van der Waals surface area contributed by atoms with Gasteiger partial charge in [-0.25, -0.2) is 0 Å². The Kier molecular flexibility index (Phi) is 5.26. The minimum absolute atomic E-state index is 0.0458. The second-order valence-electron chi connectivity index (χ2n) is 5.66. The maximum Gasteiger partial charge on any atom is 0.254 e. The van der Waals surface area contributed by atoms with Crippen molar-refractivity contribution in [3.05, 3.63) is 48.0 Å². The minimum Gasteiger partial charge on any atom is -0.497 e. The molecule has 0 saturated heterocycles. The summed E-state index contributed by atoms with van der Waals surface area (Å²) in [5.74, 6) is 1.34.